The molecule has 3 aliphatic heterocycles. The van der Waals surface area contributed by atoms with E-state index in [1.54, 1.807) is 17.8 Å². The van der Waals surface area contributed by atoms with Gasteiger partial charge in [0.15, 0.2) is 0 Å². The Labute approximate surface area is 251 Å². The van der Waals surface area contributed by atoms with Crippen molar-refractivity contribution in [3.8, 4) is 28.8 Å². The lowest BCUT2D eigenvalue weighted by molar-refractivity contribution is 0.0322. The molecule has 0 amide bonds. The van der Waals surface area contributed by atoms with Crippen LogP contribution in [0, 0.1) is 11.3 Å². The summed E-state index contributed by atoms with van der Waals surface area (Å²) in [6, 6.07) is 13.5. The molecular weight excluding hydrogens is 544 g/mol. The largest absolute Gasteiger partial charge is 0.491 e. The molecular formula is C32H36N8O3. The Balaban J connectivity index is 1.06. The first kappa shape index (κ1) is 27.6. The van der Waals surface area contributed by atoms with Gasteiger partial charge in [-0.1, -0.05) is 6.07 Å². The van der Waals surface area contributed by atoms with E-state index in [9.17, 15) is 5.26 Å². The summed E-state index contributed by atoms with van der Waals surface area (Å²) in [5.74, 6) is 2.34. The molecule has 11 nitrogen and oxygen atoms in total. The van der Waals surface area contributed by atoms with Gasteiger partial charge in [-0.3, -0.25) is 9.80 Å². The highest BCUT2D eigenvalue weighted by Crippen LogP contribution is 2.35. The van der Waals surface area contributed by atoms with Crippen LogP contribution in [0.15, 0.2) is 55.1 Å². The molecule has 0 spiro atoms. The number of rotatable bonds is 9. The Kier molecular flexibility index (Phi) is 7.80. The maximum absolute atomic E-state index is 9.77. The van der Waals surface area contributed by atoms with E-state index in [2.05, 4.69) is 49.1 Å². The standard InChI is InChI=1S/C32H36N8O3/c1-41-31-7-2-23(16-35-31)19-39-26-4-5-27(39)21-38(20-26)30-6-3-24(17-34-30)29-14-28(22-40-32(29)25(15-33)18-36-40)43-13-10-37-8-11-42-12-9-37/h2-3,6-7,14,16-18,22,26-27H,4-5,8-13,19-21H2,1H3. The fraction of sp³-hybridized carbons (Fsp3) is 0.438. The Hall–Kier alpha value is -4.24. The van der Waals surface area contributed by atoms with Crippen molar-refractivity contribution in [1.29, 1.82) is 5.26 Å². The van der Waals surface area contributed by atoms with Gasteiger partial charge in [0.2, 0.25) is 5.88 Å². The SMILES string of the molecule is COc1ccc(CN2C3CCC2CN(c2ccc(-c4cc(OCCN5CCOCC5)cn5ncc(C#N)c45)cn2)C3)cn1. The van der Waals surface area contributed by atoms with Crippen molar-refractivity contribution < 1.29 is 14.2 Å². The minimum Gasteiger partial charge on any atom is -0.491 e. The summed E-state index contributed by atoms with van der Waals surface area (Å²) >= 11 is 0. The van der Waals surface area contributed by atoms with E-state index in [4.69, 9.17) is 19.2 Å². The number of hydrogen-bond donors (Lipinski definition) is 0. The normalized spacial score (nSPS) is 20.8. The number of ether oxygens (including phenoxy) is 3. The number of hydrogen-bond acceptors (Lipinski definition) is 10. The third-order valence-corrected chi connectivity index (χ3v) is 8.88. The fourth-order valence-electron chi connectivity index (χ4n) is 6.60. The maximum Gasteiger partial charge on any atom is 0.212 e. The van der Waals surface area contributed by atoms with Crippen LogP contribution in [0.4, 0.5) is 5.82 Å². The Morgan fingerprint density at radius 1 is 1.02 bits per heavy atom. The first-order chi connectivity index (χ1) is 21.2. The van der Waals surface area contributed by atoms with Gasteiger partial charge in [-0.05, 0) is 36.6 Å². The van der Waals surface area contributed by atoms with Crippen molar-refractivity contribution in [2.24, 2.45) is 0 Å². The summed E-state index contributed by atoms with van der Waals surface area (Å²) in [7, 11) is 1.64. The monoisotopic (exact) mass is 580 g/mol. The molecule has 222 valence electrons. The van der Waals surface area contributed by atoms with E-state index < -0.39 is 0 Å². The van der Waals surface area contributed by atoms with Crippen LogP contribution in [0.1, 0.15) is 24.0 Å². The van der Waals surface area contributed by atoms with Gasteiger partial charge in [0, 0.05) is 80.9 Å². The lowest BCUT2D eigenvalue weighted by atomic mass is 10.0. The van der Waals surface area contributed by atoms with Gasteiger partial charge in [-0.2, -0.15) is 10.4 Å². The number of aromatic nitrogens is 4. The van der Waals surface area contributed by atoms with Crippen LogP contribution in [0.2, 0.25) is 0 Å². The number of pyridine rings is 3. The number of nitriles is 1. The number of piperazine rings is 1. The zero-order valence-corrected chi connectivity index (χ0v) is 24.4. The second-order valence-electron chi connectivity index (χ2n) is 11.4. The molecule has 4 aromatic heterocycles. The second-order valence-corrected chi connectivity index (χ2v) is 11.4. The van der Waals surface area contributed by atoms with Crippen LogP contribution in [-0.2, 0) is 11.3 Å². The minimum absolute atomic E-state index is 0.484. The van der Waals surface area contributed by atoms with Gasteiger partial charge < -0.3 is 19.1 Å². The summed E-state index contributed by atoms with van der Waals surface area (Å²) in [6.07, 6.45) is 9.67. The smallest absolute Gasteiger partial charge is 0.212 e. The van der Waals surface area contributed by atoms with Gasteiger partial charge in [0.1, 0.15) is 24.2 Å². The number of anilines is 1. The van der Waals surface area contributed by atoms with Gasteiger partial charge in [0.05, 0.1) is 43.8 Å². The van der Waals surface area contributed by atoms with Crippen LogP contribution < -0.4 is 14.4 Å². The highest BCUT2D eigenvalue weighted by molar-refractivity contribution is 5.85. The van der Waals surface area contributed by atoms with Crippen LogP contribution >= 0.6 is 0 Å². The molecule has 0 radical (unpaired) electrons. The topological polar surface area (TPSA) is 104 Å². The summed E-state index contributed by atoms with van der Waals surface area (Å²) in [4.78, 5) is 16.7. The van der Waals surface area contributed by atoms with Crippen molar-refractivity contribution in [1.82, 2.24) is 29.4 Å². The molecule has 2 bridgehead atoms. The van der Waals surface area contributed by atoms with E-state index >= 15 is 0 Å². The van der Waals surface area contributed by atoms with Crippen molar-refractivity contribution in [3.05, 3.63) is 66.2 Å². The number of fused-ring (bicyclic) bond motifs is 3. The average Bonchev–Trinajstić information content (AvgIpc) is 3.57. The van der Waals surface area contributed by atoms with Crippen LogP contribution in [0.25, 0.3) is 16.6 Å². The molecule has 0 saturated carbocycles. The Bertz CT molecular complexity index is 1580. The van der Waals surface area contributed by atoms with Crippen molar-refractivity contribution in [3.63, 3.8) is 0 Å². The molecule has 2 unspecified atom stereocenters. The predicted octanol–water partition coefficient (Wildman–Crippen LogP) is 3.24. The third kappa shape index (κ3) is 5.73. The zero-order chi connectivity index (χ0) is 29.2. The first-order valence-corrected chi connectivity index (χ1v) is 15.0. The molecule has 3 saturated heterocycles. The van der Waals surface area contributed by atoms with E-state index in [1.165, 1.54) is 18.4 Å². The van der Waals surface area contributed by atoms with Crippen molar-refractivity contribution in [2.75, 3.05) is 64.6 Å². The van der Waals surface area contributed by atoms with Gasteiger partial charge in [0.25, 0.3) is 0 Å². The average molecular weight is 581 g/mol. The summed E-state index contributed by atoms with van der Waals surface area (Å²) in [6.45, 7) is 7.58. The molecule has 2 atom stereocenters. The Morgan fingerprint density at radius 2 is 1.86 bits per heavy atom. The van der Waals surface area contributed by atoms with E-state index in [1.807, 2.05) is 30.7 Å². The highest BCUT2D eigenvalue weighted by atomic mass is 16.5. The molecule has 4 aromatic rings. The van der Waals surface area contributed by atoms with Gasteiger partial charge >= 0.3 is 0 Å². The van der Waals surface area contributed by atoms with Crippen LogP contribution in [-0.4, -0.2) is 101 Å². The zero-order valence-electron chi connectivity index (χ0n) is 24.4. The molecule has 3 aliphatic rings. The first-order valence-electron chi connectivity index (χ1n) is 15.0. The molecule has 0 aromatic carbocycles. The minimum atomic E-state index is 0.484. The Morgan fingerprint density at radius 3 is 2.56 bits per heavy atom. The maximum atomic E-state index is 9.77. The lowest BCUT2D eigenvalue weighted by Gasteiger charge is -2.41. The van der Waals surface area contributed by atoms with Crippen molar-refractivity contribution in [2.45, 2.75) is 31.5 Å². The van der Waals surface area contributed by atoms with E-state index in [0.717, 1.165) is 74.9 Å². The quantitative estimate of drug-likeness (QED) is 0.293. The number of methoxy groups -OCH3 is 1. The van der Waals surface area contributed by atoms with E-state index in [-0.39, 0.29) is 0 Å². The molecule has 11 heteroatoms. The molecule has 0 aliphatic carbocycles. The third-order valence-electron chi connectivity index (χ3n) is 8.88. The van der Waals surface area contributed by atoms with Gasteiger partial charge in [-0.25, -0.2) is 14.5 Å². The van der Waals surface area contributed by atoms with Gasteiger partial charge in [-0.15, -0.1) is 0 Å². The summed E-state index contributed by atoms with van der Waals surface area (Å²) in [5, 5.41) is 14.2. The lowest BCUT2D eigenvalue weighted by Crippen LogP contribution is -2.53. The molecule has 7 heterocycles. The molecule has 3 fully saturated rings. The molecule has 7 rings (SSSR count). The summed E-state index contributed by atoms with van der Waals surface area (Å²) < 4.78 is 18.6. The highest BCUT2D eigenvalue weighted by Gasteiger charge is 2.40. The summed E-state index contributed by atoms with van der Waals surface area (Å²) in [5.41, 5.74) is 4.31. The van der Waals surface area contributed by atoms with Crippen LogP contribution in [0.3, 0.4) is 0 Å². The van der Waals surface area contributed by atoms with Crippen molar-refractivity contribution >= 4 is 11.3 Å². The van der Waals surface area contributed by atoms with Crippen LogP contribution in [0.5, 0.6) is 11.6 Å². The predicted molar refractivity (Wildman–Crippen MR) is 161 cm³/mol. The molecule has 0 N–H and O–H groups in total. The fourth-order valence-corrected chi connectivity index (χ4v) is 6.60. The molecule has 43 heavy (non-hydrogen) atoms. The van der Waals surface area contributed by atoms with E-state index in [0.29, 0.717) is 35.9 Å². The second kappa shape index (κ2) is 12.2. The number of morpholine rings is 1. The number of nitrogens with zero attached hydrogens (tertiary/aromatic N) is 8.